The molecule has 1 aliphatic rings. The quantitative estimate of drug-likeness (QED) is 0.483. The third-order valence-electron chi connectivity index (χ3n) is 5.78. The fraction of sp³-hybridized carbons (Fsp3) is 0.192. The molecule has 3 aromatic carbocycles. The van der Waals surface area contributed by atoms with Crippen LogP contribution in [0.25, 0.3) is 0 Å². The van der Waals surface area contributed by atoms with Crippen molar-refractivity contribution in [1.29, 1.82) is 0 Å². The molecule has 1 amide bonds. The topological polar surface area (TPSA) is 74.7 Å². The lowest BCUT2D eigenvalue weighted by atomic mass is 9.98. The van der Waals surface area contributed by atoms with Crippen LogP contribution in [0.15, 0.2) is 94.4 Å². The summed E-state index contributed by atoms with van der Waals surface area (Å²) in [6, 6.07) is 21.3. The molecule has 1 atom stereocenters. The van der Waals surface area contributed by atoms with Crippen molar-refractivity contribution < 1.29 is 18.3 Å². The number of aliphatic hydroxyl groups is 1. The van der Waals surface area contributed by atoms with E-state index in [0.29, 0.717) is 16.5 Å². The first kappa shape index (κ1) is 23.1. The Morgan fingerprint density at radius 3 is 2.12 bits per heavy atom. The number of hydrogen-bond donors (Lipinski definition) is 1. The molecule has 4 rings (SSSR count). The van der Waals surface area contributed by atoms with Crippen LogP contribution in [0.5, 0.6) is 0 Å². The van der Waals surface area contributed by atoms with Crippen LogP contribution >= 0.6 is 11.6 Å². The Morgan fingerprint density at radius 1 is 0.939 bits per heavy atom. The van der Waals surface area contributed by atoms with Crippen LogP contribution in [-0.4, -0.2) is 24.3 Å². The van der Waals surface area contributed by atoms with Crippen LogP contribution in [0.2, 0.25) is 5.02 Å². The van der Waals surface area contributed by atoms with Gasteiger partial charge in [0.15, 0.2) is 5.76 Å². The summed E-state index contributed by atoms with van der Waals surface area (Å²) in [4.78, 5) is 14.3. The molecule has 0 unspecified atom stereocenters. The van der Waals surface area contributed by atoms with E-state index in [4.69, 9.17) is 11.6 Å². The van der Waals surface area contributed by atoms with Crippen molar-refractivity contribution in [1.82, 2.24) is 4.90 Å². The molecule has 1 aliphatic heterocycles. The Balaban J connectivity index is 1.84. The summed E-state index contributed by atoms with van der Waals surface area (Å²) in [6.07, 6.45) is 0. The fourth-order valence-corrected chi connectivity index (χ4v) is 5.77. The van der Waals surface area contributed by atoms with Gasteiger partial charge >= 0.3 is 0 Å². The van der Waals surface area contributed by atoms with Gasteiger partial charge in [-0.05, 0) is 46.9 Å². The monoisotopic (exact) mass is 481 g/mol. The number of amides is 1. The van der Waals surface area contributed by atoms with Crippen molar-refractivity contribution in [2.45, 2.75) is 37.2 Å². The van der Waals surface area contributed by atoms with Crippen molar-refractivity contribution >= 4 is 27.3 Å². The zero-order valence-electron chi connectivity index (χ0n) is 18.3. The zero-order chi connectivity index (χ0) is 23.8. The van der Waals surface area contributed by atoms with Gasteiger partial charge in [-0.15, -0.1) is 0 Å². The molecule has 7 heteroatoms. The van der Waals surface area contributed by atoms with E-state index in [1.54, 1.807) is 42.5 Å². The number of carbonyl (C=O) groups is 1. The molecule has 0 saturated carbocycles. The molecule has 5 nitrogen and oxygen atoms in total. The number of halogens is 1. The third-order valence-corrected chi connectivity index (χ3v) is 7.93. The predicted octanol–water partition coefficient (Wildman–Crippen LogP) is 5.79. The molecule has 0 fully saturated rings. The van der Waals surface area contributed by atoms with Crippen LogP contribution in [0, 0.1) is 0 Å². The maximum absolute atomic E-state index is 13.6. The van der Waals surface area contributed by atoms with Crippen LogP contribution in [0.3, 0.4) is 0 Å². The van der Waals surface area contributed by atoms with Gasteiger partial charge in [0.25, 0.3) is 5.91 Å². The molecule has 0 aliphatic carbocycles. The molecular weight excluding hydrogens is 458 g/mol. The zero-order valence-corrected chi connectivity index (χ0v) is 19.8. The van der Waals surface area contributed by atoms with E-state index in [9.17, 15) is 18.3 Å². The van der Waals surface area contributed by atoms with E-state index in [0.717, 1.165) is 11.1 Å². The van der Waals surface area contributed by atoms with E-state index >= 15 is 0 Å². The number of aliphatic hydroxyl groups excluding tert-OH is 1. The highest BCUT2D eigenvalue weighted by molar-refractivity contribution is 7.95. The average molecular weight is 482 g/mol. The van der Waals surface area contributed by atoms with E-state index in [1.165, 1.54) is 17.0 Å². The van der Waals surface area contributed by atoms with E-state index in [-0.39, 0.29) is 16.3 Å². The SMILES string of the molecule is CC(C)c1ccc([C@H]2C(S(=O)(=O)c3ccccc3)=C(O)C(=O)N2Cc2ccc(Cl)cc2)cc1. The molecule has 1 N–H and O–H groups in total. The smallest absolute Gasteiger partial charge is 0.290 e. The van der Waals surface area contributed by atoms with Crippen molar-refractivity contribution in [2.75, 3.05) is 0 Å². The minimum atomic E-state index is -4.13. The molecule has 1 heterocycles. The van der Waals surface area contributed by atoms with Gasteiger partial charge in [0, 0.05) is 11.6 Å². The van der Waals surface area contributed by atoms with Gasteiger partial charge in [-0.2, -0.15) is 0 Å². The predicted molar refractivity (Wildman–Crippen MR) is 129 cm³/mol. The number of sulfone groups is 1. The lowest BCUT2D eigenvalue weighted by Gasteiger charge is -2.27. The summed E-state index contributed by atoms with van der Waals surface area (Å²) in [5.41, 5.74) is 2.47. The molecule has 3 aromatic rings. The molecule has 0 bridgehead atoms. The highest BCUT2D eigenvalue weighted by Crippen LogP contribution is 2.43. The molecule has 0 saturated heterocycles. The van der Waals surface area contributed by atoms with Gasteiger partial charge in [-0.1, -0.05) is 80.0 Å². The largest absolute Gasteiger partial charge is 0.502 e. The van der Waals surface area contributed by atoms with Crippen LogP contribution < -0.4 is 0 Å². The summed E-state index contributed by atoms with van der Waals surface area (Å²) < 4.78 is 27.2. The number of benzene rings is 3. The van der Waals surface area contributed by atoms with Gasteiger partial charge in [0.2, 0.25) is 9.84 Å². The first-order valence-electron chi connectivity index (χ1n) is 10.6. The van der Waals surface area contributed by atoms with Gasteiger partial charge < -0.3 is 10.0 Å². The van der Waals surface area contributed by atoms with Crippen LogP contribution in [-0.2, 0) is 21.2 Å². The summed E-state index contributed by atoms with van der Waals surface area (Å²) in [7, 11) is -4.13. The lowest BCUT2D eigenvalue weighted by molar-refractivity contribution is -0.130. The second-order valence-corrected chi connectivity index (χ2v) is 10.7. The Bertz CT molecular complexity index is 1300. The van der Waals surface area contributed by atoms with E-state index in [2.05, 4.69) is 13.8 Å². The maximum Gasteiger partial charge on any atom is 0.290 e. The number of nitrogens with zero attached hydrogens (tertiary/aromatic N) is 1. The van der Waals surface area contributed by atoms with Crippen LogP contribution in [0.4, 0.5) is 0 Å². The number of carbonyl (C=O) groups excluding carboxylic acids is 1. The second-order valence-electron chi connectivity index (χ2n) is 8.31. The summed E-state index contributed by atoms with van der Waals surface area (Å²) in [6.45, 7) is 4.25. The minimum Gasteiger partial charge on any atom is -0.502 e. The third kappa shape index (κ3) is 4.41. The highest BCUT2D eigenvalue weighted by Gasteiger charge is 2.46. The number of hydrogen-bond acceptors (Lipinski definition) is 4. The van der Waals surface area contributed by atoms with Gasteiger partial charge in [0.05, 0.1) is 10.9 Å². The van der Waals surface area contributed by atoms with E-state index < -0.39 is 27.5 Å². The lowest BCUT2D eigenvalue weighted by Crippen LogP contribution is -2.30. The van der Waals surface area contributed by atoms with Crippen molar-refractivity contribution in [2.24, 2.45) is 0 Å². The highest BCUT2D eigenvalue weighted by atomic mass is 35.5. The van der Waals surface area contributed by atoms with Gasteiger partial charge in [-0.25, -0.2) is 8.42 Å². The van der Waals surface area contributed by atoms with Crippen molar-refractivity contribution in [3.05, 3.63) is 111 Å². The normalized spacial score (nSPS) is 16.7. The number of rotatable bonds is 6. The minimum absolute atomic E-state index is 0.0245. The Kier molecular flexibility index (Phi) is 6.32. The molecule has 0 spiro atoms. The maximum atomic E-state index is 13.6. The Hall–Kier alpha value is -3.09. The van der Waals surface area contributed by atoms with Crippen LogP contribution in [0.1, 0.15) is 42.5 Å². The molecule has 33 heavy (non-hydrogen) atoms. The molecule has 170 valence electrons. The Labute approximate surface area is 198 Å². The standard InChI is InChI=1S/C26H24ClNO4S/c1-17(2)19-10-12-20(13-11-19)23-25(33(31,32)22-6-4-3-5-7-22)24(29)26(30)28(23)16-18-8-14-21(27)15-9-18/h3-15,17,23,29H,16H2,1-2H3/t23-/m0/s1. The summed E-state index contributed by atoms with van der Waals surface area (Å²) in [5.74, 6) is -1.17. The first-order valence-corrected chi connectivity index (χ1v) is 12.4. The summed E-state index contributed by atoms with van der Waals surface area (Å²) >= 11 is 5.99. The van der Waals surface area contributed by atoms with Crippen molar-refractivity contribution in [3.63, 3.8) is 0 Å². The molecule has 0 aromatic heterocycles. The second kappa shape index (κ2) is 9.04. The van der Waals surface area contributed by atoms with Crippen molar-refractivity contribution in [3.8, 4) is 0 Å². The average Bonchev–Trinajstić information content (AvgIpc) is 3.06. The fourth-order valence-electron chi connectivity index (χ4n) is 3.97. The van der Waals surface area contributed by atoms with E-state index in [1.807, 2.05) is 24.3 Å². The summed E-state index contributed by atoms with van der Waals surface area (Å²) in [5, 5.41) is 11.4. The Morgan fingerprint density at radius 2 is 1.55 bits per heavy atom. The first-order chi connectivity index (χ1) is 15.7. The van der Waals surface area contributed by atoms with Gasteiger partial charge in [0.1, 0.15) is 4.91 Å². The van der Waals surface area contributed by atoms with Gasteiger partial charge in [-0.3, -0.25) is 4.79 Å². The molecular formula is C26H24ClNO4S. The molecule has 0 radical (unpaired) electrons.